The van der Waals surface area contributed by atoms with Crippen LogP contribution in [-0.4, -0.2) is 36.1 Å². The highest BCUT2D eigenvalue weighted by atomic mass is 32.2. The molecule has 0 atom stereocenters. The summed E-state index contributed by atoms with van der Waals surface area (Å²) in [5.74, 6) is 0.620. The maximum Gasteiger partial charge on any atom is 0.238 e. The van der Waals surface area contributed by atoms with E-state index in [1.807, 2.05) is 24.5 Å². The van der Waals surface area contributed by atoms with Crippen molar-refractivity contribution in [1.29, 1.82) is 0 Å². The van der Waals surface area contributed by atoms with Crippen molar-refractivity contribution in [1.82, 2.24) is 19.9 Å². The van der Waals surface area contributed by atoms with Crippen molar-refractivity contribution in [2.75, 3.05) is 13.1 Å². The Balaban J connectivity index is 1.38. The van der Waals surface area contributed by atoms with Crippen molar-refractivity contribution in [3.63, 3.8) is 0 Å². The van der Waals surface area contributed by atoms with Crippen molar-refractivity contribution in [3.8, 4) is 22.3 Å². The van der Waals surface area contributed by atoms with Crippen molar-refractivity contribution in [2.45, 2.75) is 23.7 Å². The smallest absolute Gasteiger partial charge is 0.238 e. The van der Waals surface area contributed by atoms with Gasteiger partial charge < -0.3 is 5.32 Å². The minimum absolute atomic E-state index is 0.108. The van der Waals surface area contributed by atoms with Crippen LogP contribution < -0.4 is 10.5 Å². The van der Waals surface area contributed by atoms with Crippen molar-refractivity contribution >= 4 is 26.4 Å². The number of fused-ring (bicyclic) bond motifs is 2. The number of piperidine rings is 1. The van der Waals surface area contributed by atoms with Gasteiger partial charge in [-0.05, 0) is 60.0 Å². The molecule has 0 bridgehead atoms. The molecule has 3 heterocycles. The molecule has 0 radical (unpaired) electrons. The summed E-state index contributed by atoms with van der Waals surface area (Å²) in [6.07, 6.45) is 7.96. The Kier molecular flexibility index (Phi) is 5.36. The van der Waals surface area contributed by atoms with Gasteiger partial charge in [0.05, 0.1) is 11.1 Å². The van der Waals surface area contributed by atoms with E-state index < -0.39 is 10.0 Å². The van der Waals surface area contributed by atoms with Gasteiger partial charge in [0.25, 0.3) is 0 Å². The molecule has 1 saturated heterocycles. The molecule has 0 unspecified atom stereocenters. The molecule has 3 N–H and O–H groups in total. The number of nitrogens with one attached hydrogen (secondary N) is 1. The Morgan fingerprint density at radius 1 is 0.857 bits per heavy atom. The minimum Gasteiger partial charge on any atom is -0.317 e. The maximum absolute atomic E-state index is 12.1. The molecule has 8 heteroatoms. The summed E-state index contributed by atoms with van der Waals surface area (Å²) in [6.45, 7) is 2.16. The number of hydrogen-bond donors (Lipinski definition) is 2. The SMILES string of the molecule is NS(=O)(=O)c1ccc(-c2cnn3cc(-c4ccc(C5CCNCC5)cc4)cnc23)c2ccccc12. The van der Waals surface area contributed by atoms with Gasteiger partial charge in [0.15, 0.2) is 5.65 Å². The van der Waals surface area contributed by atoms with Crippen LogP contribution in [0.3, 0.4) is 0 Å². The first-order valence-electron chi connectivity index (χ1n) is 11.7. The standard InChI is InChI=1S/C27H25N5O2S/c28-35(33,34)26-10-9-23(22-3-1-2-4-24(22)26)25-16-31-32-17-21(15-30-27(25)32)19-7-5-18(6-8-19)20-11-13-29-14-12-20/h1-10,15-17,20,29H,11-14H2,(H2,28,33,34). The number of aromatic nitrogens is 3. The fourth-order valence-electron chi connectivity index (χ4n) is 5.07. The Bertz CT molecular complexity index is 1650. The molecule has 5 aromatic rings. The van der Waals surface area contributed by atoms with E-state index in [0.29, 0.717) is 17.0 Å². The second-order valence-corrected chi connectivity index (χ2v) is 10.5. The van der Waals surface area contributed by atoms with E-state index >= 15 is 0 Å². The topological polar surface area (TPSA) is 102 Å². The number of rotatable bonds is 4. The number of nitrogens with zero attached hydrogens (tertiary/aromatic N) is 3. The molecule has 1 aliphatic rings. The van der Waals surface area contributed by atoms with Gasteiger partial charge in [-0.2, -0.15) is 5.10 Å². The first-order chi connectivity index (χ1) is 17.0. The average Bonchev–Trinajstić information content (AvgIpc) is 3.31. The second kappa shape index (κ2) is 8.57. The van der Waals surface area contributed by atoms with E-state index in [1.54, 1.807) is 35.0 Å². The van der Waals surface area contributed by atoms with E-state index in [1.165, 1.54) is 18.4 Å². The van der Waals surface area contributed by atoms with E-state index in [-0.39, 0.29) is 4.90 Å². The van der Waals surface area contributed by atoms with E-state index in [4.69, 9.17) is 10.1 Å². The maximum atomic E-state index is 12.1. The Morgan fingerprint density at radius 2 is 1.60 bits per heavy atom. The van der Waals surface area contributed by atoms with Gasteiger partial charge in [-0.3, -0.25) is 0 Å². The summed E-state index contributed by atoms with van der Waals surface area (Å²) < 4.78 is 25.9. The van der Waals surface area contributed by atoms with Gasteiger partial charge in [-0.15, -0.1) is 0 Å². The zero-order valence-electron chi connectivity index (χ0n) is 19.1. The molecule has 0 saturated carbocycles. The second-order valence-electron chi connectivity index (χ2n) is 9.02. The molecule has 1 fully saturated rings. The van der Waals surface area contributed by atoms with Crippen LogP contribution in [0.4, 0.5) is 0 Å². The normalized spacial score (nSPS) is 15.1. The fraction of sp³-hybridized carbons (Fsp3) is 0.185. The quantitative estimate of drug-likeness (QED) is 0.396. The van der Waals surface area contributed by atoms with Gasteiger partial charge in [0, 0.05) is 28.9 Å². The van der Waals surface area contributed by atoms with Crippen LogP contribution in [0.5, 0.6) is 0 Å². The van der Waals surface area contributed by atoms with Crippen LogP contribution in [-0.2, 0) is 10.0 Å². The monoisotopic (exact) mass is 483 g/mol. The van der Waals surface area contributed by atoms with Crippen molar-refractivity contribution in [2.24, 2.45) is 5.14 Å². The summed E-state index contributed by atoms with van der Waals surface area (Å²) in [4.78, 5) is 4.84. The zero-order chi connectivity index (χ0) is 24.0. The molecule has 6 rings (SSSR count). The lowest BCUT2D eigenvalue weighted by atomic mass is 9.89. The predicted octanol–water partition coefficient (Wildman–Crippen LogP) is 4.33. The summed E-state index contributed by atoms with van der Waals surface area (Å²) >= 11 is 0. The Morgan fingerprint density at radius 3 is 2.34 bits per heavy atom. The average molecular weight is 484 g/mol. The third kappa shape index (κ3) is 3.99. The predicted molar refractivity (Wildman–Crippen MR) is 138 cm³/mol. The molecular formula is C27H25N5O2S. The number of hydrogen-bond acceptors (Lipinski definition) is 5. The third-order valence-electron chi connectivity index (χ3n) is 6.89. The molecular weight excluding hydrogens is 458 g/mol. The van der Waals surface area contributed by atoms with Gasteiger partial charge in [-0.1, -0.05) is 54.6 Å². The summed E-state index contributed by atoms with van der Waals surface area (Å²) in [7, 11) is -3.84. The first kappa shape index (κ1) is 21.9. The summed E-state index contributed by atoms with van der Waals surface area (Å²) in [5.41, 5.74) is 5.86. The van der Waals surface area contributed by atoms with Gasteiger partial charge in [0.1, 0.15) is 0 Å². The number of benzene rings is 3. The van der Waals surface area contributed by atoms with Crippen LogP contribution in [0.1, 0.15) is 24.3 Å². The Hall–Kier alpha value is -3.59. The van der Waals surface area contributed by atoms with Crippen molar-refractivity contribution in [3.05, 3.63) is 84.8 Å². The van der Waals surface area contributed by atoms with E-state index in [9.17, 15) is 8.42 Å². The summed E-state index contributed by atoms with van der Waals surface area (Å²) in [5, 5.41) is 14.8. The molecule has 1 aliphatic heterocycles. The van der Waals surface area contributed by atoms with E-state index in [2.05, 4.69) is 34.7 Å². The molecule has 3 aromatic carbocycles. The van der Waals surface area contributed by atoms with Crippen LogP contribution in [0.15, 0.2) is 84.1 Å². The molecule has 7 nitrogen and oxygen atoms in total. The largest absolute Gasteiger partial charge is 0.317 e. The number of primary sulfonamides is 1. The van der Waals surface area contributed by atoms with Crippen molar-refractivity contribution < 1.29 is 8.42 Å². The lowest BCUT2D eigenvalue weighted by molar-refractivity contribution is 0.460. The Labute approximate surface area is 203 Å². The first-order valence-corrected chi connectivity index (χ1v) is 13.2. The van der Waals surface area contributed by atoms with Crippen LogP contribution in [0, 0.1) is 0 Å². The van der Waals surface area contributed by atoms with Crippen LogP contribution in [0.25, 0.3) is 38.7 Å². The zero-order valence-corrected chi connectivity index (χ0v) is 19.9. The highest BCUT2D eigenvalue weighted by molar-refractivity contribution is 7.89. The highest BCUT2D eigenvalue weighted by Gasteiger charge is 2.18. The molecule has 176 valence electrons. The highest BCUT2D eigenvalue weighted by Crippen LogP contribution is 2.34. The van der Waals surface area contributed by atoms with Crippen LogP contribution in [0.2, 0.25) is 0 Å². The van der Waals surface area contributed by atoms with Crippen LogP contribution >= 0.6 is 0 Å². The lowest BCUT2D eigenvalue weighted by Crippen LogP contribution is -2.26. The molecule has 0 amide bonds. The minimum atomic E-state index is -3.84. The summed E-state index contributed by atoms with van der Waals surface area (Å²) in [6, 6.07) is 19.4. The van der Waals surface area contributed by atoms with Gasteiger partial charge in [-0.25, -0.2) is 23.1 Å². The van der Waals surface area contributed by atoms with Gasteiger partial charge in [0.2, 0.25) is 10.0 Å². The van der Waals surface area contributed by atoms with Gasteiger partial charge >= 0.3 is 0 Å². The molecule has 0 aliphatic carbocycles. The number of nitrogens with two attached hydrogens (primary N) is 1. The lowest BCUT2D eigenvalue weighted by Gasteiger charge is -2.23. The molecule has 2 aromatic heterocycles. The molecule has 35 heavy (non-hydrogen) atoms. The van der Waals surface area contributed by atoms with E-state index in [0.717, 1.165) is 40.7 Å². The third-order valence-corrected chi connectivity index (χ3v) is 7.86. The number of sulfonamides is 1. The fourth-order valence-corrected chi connectivity index (χ4v) is 5.81. The molecule has 0 spiro atoms.